The first-order valence-corrected chi connectivity index (χ1v) is 10.9. The van der Waals surface area contributed by atoms with E-state index in [0.29, 0.717) is 6.61 Å². The summed E-state index contributed by atoms with van der Waals surface area (Å²) in [5, 5.41) is 0. The first kappa shape index (κ1) is 19.7. The Morgan fingerprint density at radius 2 is 1.66 bits per heavy atom. The van der Waals surface area contributed by atoms with Gasteiger partial charge in [0.25, 0.3) is 0 Å². The van der Waals surface area contributed by atoms with Gasteiger partial charge < -0.3 is 9.64 Å². The molecule has 0 N–H and O–H groups in total. The molecular weight excluding hydrogens is 424 g/mol. The Morgan fingerprint density at radius 1 is 0.897 bits per heavy atom. The molecule has 0 aliphatic carbocycles. The Hall–Kier alpha value is -2.59. The highest BCUT2D eigenvalue weighted by Gasteiger charge is 2.10. The molecule has 1 aliphatic rings. The molecule has 3 nitrogen and oxygen atoms in total. The topological polar surface area (TPSA) is 24.8 Å². The van der Waals surface area contributed by atoms with E-state index in [4.69, 9.17) is 4.74 Å². The predicted molar refractivity (Wildman–Crippen MR) is 125 cm³/mol. The zero-order valence-electron chi connectivity index (χ0n) is 16.4. The highest BCUT2D eigenvalue weighted by atomic mass is 79.9. The fraction of sp³-hybridized carbons (Fsp3) is 0.240. The van der Waals surface area contributed by atoms with Crippen LogP contribution in [0, 0.1) is 0 Å². The molecule has 0 saturated carbocycles. The van der Waals surface area contributed by atoms with Crippen LogP contribution in [0.5, 0.6) is 5.75 Å². The molecule has 4 rings (SSSR count). The lowest BCUT2D eigenvalue weighted by atomic mass is 10.1. The van der Waals surface area contributed by atoms with Crippen molar-refractivity contribution in [3.05, 3.63) is 88.4 Å². The van der Waals surface area contributed by atoms with Crippen molar-refractivity contribution in [2.45, 2.75) is 25.9 Å². The van der Waals surface area contributed by atoms with Crippen LogP contribution in [0.1, 0.15) is 30.4 Å². The number of rotatable bonds is 6. The van der Waals surface area contributed by atoms with Crippen molar-refractivity contribution >= 4 is 33.5 Å². The summed E-state index contributed by atoms with van der Waals surface area (Å²) in [7, 11) is 0. The number of anilines is 1. The third kappa shape index (κ3) is 5.48. The largest absolute Gasteiger partial charge is 0.488 e. The number of hydrogen-bond donors (Lipinski definition) is 0. The summed E-state index contributed by atoms with van der Waals surface area (Å²) < 4.78 is 7.05. The number of aliphatic imine (C=N–C) groups is 1. The highest BCUT2D eigenvalue weighted by Crippen LogP contribution is 2.25. The molecule has 148 valence electrons. The molecule has 0 spiro atoms. The highest BCUT2D eigenvalue weighted by molar-refractivity contribution is 9.10. The Morgan fingerprint density at radius 3 is 2.41 bits per heavy atom. The van der Waals surface area contributed by atoms with Gasteiger partial charge in [-0.3, -0.25) is 4.99 Å². The molecule has 0 radical (unpaired) electrons. The average molecular weight is 449 g/mol. The Bertz CT molecular complexity index is 948. The second-order valence-electron chi connectivity index (χ2n) is 7.28. The molecular formula is C25H25BrN2O. The van der Waals surface area contributed by atoms with Crippen LogP contribution >= 0.6 is 15.9 Å². The summed E-state index contributed by atoms with van der Waals surface area (Å²) in [6.45, 7) is 2.85. The van der Waals surface area contributed by atoms with Crippen molar-refractivity contribution in [1.29, 1.82) is 0 Å². The van der Waals surface area contributed by atoms with Gasteiger partial charge in [-0.25, -0.2) is 0 Å². The molecule has 0 bridgehead atoms. The lowest BCUT2D eigenvalue weighted by Gasteiger charge is -2.28. The van der Waals surface area contributed by atoms with E-state index in [2.05, 4.69) is 62.2 Å². The summed E-state index contributed by atoms with van der Waals surface area (Å²) in [4.78, 5) is 7.13. The van der Waals surface area contributed by atoms with Crippen LogP contribution in [0.2, 0.25) is 0 Å². The van der Waals surface area contributed by atoms with E-state index < -0.39 is 0 Å². The van der Waals surface area contributed by atoms with Gasteiger partial charge in [0.2, 0.25) is 0 Å². The van der Waals surface area contributed by atoms with Crippen LogP contribution in [0.4, 0.5) is 11.4 Å². The van der Waals surface area contributed by atoms with Crippen molar-refractivity contribution in [2.24, 2.45) is 4.99 Å². The van der Waals surface area contributed by atoms with Gasteiger partial charge in [-0.2, -0.15) is 0 Å². The maximum Gasteiger partial charge on any atom is 0.128 e. The Balaban J connectivity index is 1.46. The standard InChI is InChI=1S/C25H25BrN2O/c26-22-9-14-25(29-19-20-7-3-1-4-8-20)21(17-22)18-27-23-10-12-24(13-11-23)28-15-5-2-6-16-28/h1,3-4,7-14,17-18H,2,5-6,15-16,19H2. The monoisotopic (exact) mass is 448 g/mol. The summed E-state index contributed by atoms with van der Waals surface area (Å²) in [5.74, 6) is 0.825. The minimum absolute atomic E-state index is 0.536. The summed E-state index contributed by atoms with van der Waals surface area (Å²) >= 11 is 3.55. The van der Waals surface area contributed by atoms with Crippen LogP contribution in [0.25, 0.3) is 0 Å². The zero-order chi connectivity index (χ0) is 19.9. The average Bonchev–Trinajstić information content (AvgIpc) is 2.79. The number of ether oxygens (including phenoxy) is 1. The summed E-state index contributed by atoms with van der Waals surface area (Å²) in [5.41, 5.74) is 4.33. The van der Waals surface area contributed by atoms with Crippen LogP contribution in [-0.2, 0) is 6.61 Å². The SMILES string of the molecule is Brc1ccc(OCc2ccccc2)c(C=Nc2ccc(N3CCCCC3)cc2)c1. The van der Waals surface area contributed by atoms with E-state index in [9.17, 15) is 0 Å². The number of nitrogens with zero attached hydrogens (tertiary/aromatic N) is 2. The van der Waals surface area contributed by atoms with E-state index in [1.54, 1.807) is 0 Å². The molecule has 0 unspecified atom stereocenters. The van der Waals surface area contributed by atoms with Gasteiger partial charge in [-0.1, -0.05) is 46.3 Å². The third-order valence-electron chi connectivity index (χ3n) is 5.13. The van der Waals surface area contributed by atoms with Gasteiger partial charge >= 0.3 is 0 Å². The summed E-state index contributed by atoms with van der Waals surface area (Å²) in [6, 6.07) is 24.7. The molecule has 4 heteroatoms. The van der Waals surface area contributed by atoms with Crippen molar-refractivity contribution in [3.8, 4) is 5.75 Å². The summed E-state index contributed by atoms with van der Waals surface area (Å²) in [6.07, 6.45) is 5.80. The van der Waals surface area contributed by atoms with E-state index in [0.717, 1.165) is 40.1 Å². The lowest BCUT2D eigenvalue weighted by Crippen LogP contribution is -2.29. The van der Waals surface area contributed by atoms with Crippen LogP contribution in [-0.4, -0.2) is 19.3 Å². The first-order chi connectivity index (χ1) is 14.3. The van der Waals surface area contributed by atoms with E-state index >= 15 is 0 Å². The van der Waals surface area contributed by atoms with Crippen molar-refractivity contribution in [3.63, 3.8) is 0 Å². The fourth-order valence-corrected chi connectivity index (χ4v) is 3.91. The van der Waals surface area contributed by atoms with Gasteiger partial charge in [-0.05, 0) is 67.3 Å². The predicted octanol–water partition coefficient (Wildman–Crippen LogP) is 6.77. The molecule has 1 saturated heterocycles. The van der Waals surface area contributed by atoms with Gasteiger partial charge in [0, 0.05) is 35.0 Å². The molecule has 3 aromatic carbocycles. The van der Waals surface area contributed by atoms with E-state index in [1.165, 1.54) is 24.9 Å². The Kier molecular flexibility index (Phi) is 6.63. The van der Waals surface area contributed by atoms with Crippen LogP contribution in [0.3, 0.4) is 0 Å². The van der Waals surface area contributed by atoms with Gasteiger partial charge in [0.15, 0.2) is 0 Å². The molecule has 0 amide bonds. The van der Waals surface area contributed by atoms with E-state index in [-0.39, 0.29) is 0 Å². The van der Waals surface area contributed by atoms with Crippen LogP contribution < -0.4 is 9.64 Å². The third-order valence-corrected chi connectivity index (χ3v) is 5.63. The molecule has 1 aliphatic heterocycles. The van der Waals surface area contributed by atoms with Gasteiger partial charge in [0.05, 0.1) is 5.69 Å². The minimum atomic E-state index is 0.536. The second kappa shape index (κ2) is 9.75. The van der Waals surface area contributed by atoms with Crippen molar-refractivity contribution < 1.29 is 4.74 Å². The number of piperidine rings is 1. The molecule has 3 aromatic rings. The first-order valence-electron chi connectivity index (χ1n) is 10.1. The van der Waals surface area contributed by atoms with Gasteiger partial charge in [0.1, 0.15) is 12.4 Å². The maximum absolute atomic E-state index is 6.05. The molecule has 1 heterocycles. The fourth-order valence-electron chi connectivity index (χ4n) is 3.53. The quantitative estimate of drug-likeness (QED) is 0.388. The van der Waals surface area contributed by atoms with Gasteiger partial charge in [-0.15, -0.1) is 0 Å². The molecule has 29 heavy (non-hydrogen) atoms. The molecule has 0 atom stereocenters. The van der Waals surface area contributed by atoms with Crippen LogP contribution in [0.15, 0.2) is 82.3 Å². The van der Waals surface area contributed by atoms with Crippen molar-refractivity contribution in [2.75, 3.05) is 18.0 Å². The smallest absolute Gasteiger partial charge is 0.128 e. The molecule has 1 fully saturated rings. The van der Waals surface area contributed by atoms with E-state index in [1.807, 2.05) is 42.6 Å². The number of benzene rings is 3. The van der Waals surface area contributed by atoms with Crippen molar-refractivity contribution in [1.82, 2.24) is 0 Å². The maximum atomic E-state index is 6.05. The minimum Gasteiger partial charge on any atom is -0.488 e. The second-order valence-corrected chi connectivity index (χ2v) is 8.19. The number of halogens is 1. The zero-order valence-corrected chi connectivity index (χ0v) is 18.0. The lowest BCUT2D eigenvalue weighted by molar-refractivity contribution is 0.306. The normalized spacial score (nSPS) is 14.3. The number of hydrogen-bond acceptors (Lipinski definition) is 3. The molecule has 0 aromatic heterocycles. The Labute approximate surface area is 181 Å².